The molecule has 4 heteroatoms. The molecular weight excluding hydrogens is 597 g/mol. The minimum absolute atomic E-state index is 0.644. The molecule has 0 aliphatic rings. The molecule has 0 aliphatic carbocycles. The van der Waals surface area contributed by atoms with Crippen molar-refractivity contribution < 1.29 is 0 Å². The summed E-state index contributed by atoms with van der Waals surface area (Å²) in [5.74, 6) is 0. The van der Waals surface area contributed by atoms with Gasteiger partial charge in [0.2, 0.25) is 0 Å². The van der Waals surface area contributed by atoms with E-state index in [9.17, 15) is 5.26 Å². The summed E-state index contributed by atoms with van der Waals surface area (Å²) in [5.41, 5.74) is 9.94. The van der Waals surface area contributed by atoms with Gasteiger partial charge in [-0.1, -0.05) is 97.1 Å². The van der Waals surface area contributed by atoms with Gasteiger partial charge in [-0.25, -0.2) is 4.98 Å². The van der Waals surface area contributed by atoms with E-state index in [4.69, 9.17) is 9.97 Å². The van der Waals surface area contributed by atoms with E-state index in [0.29, 0.717) is 5.56 Å². The molecule has 49 heavy (non-hydrogen) atoms. The molecule has 10 rings (SSSR count). The van der Waals surface area contributed by atoms with Crippen molar-refractivity contribution in [3.8, 4) is 34.1 Å². The monoisotopic (exact) mass is 622 g/mol. The number of hydrogen-bond acceptors (Lipinski definition) is 3. The number of fused-ring (bicyclic) bond motifs is 11. The standard InChI is InChI=1S/C45H26N4/c46-27-28-19-21-35-39-26-30(20-22-40(39)49(41(35)24-28)32-12-2-1-3-13-32)29-10-8-11-31(25-29)43-38-18-9-23-47-44(38)42-36-16-6-4-14-33(36)34-15-5-7-17-37(34)45(42)48-43/h1-26H. The van der Waals surface area contributed by atoms with E-state index in [1.165, 1.54) is 10.8 Å². The number of para-hydroxylation sites is 1. The zero-order chi connectivity index (χ0) is 32.5. The number of aromatic nitrogens is 3. The van der Waals surface area contributed by atoms with Crippen molar-refractivity contribution in [2.24, 2.45) is 0 Å². The SMILES string of the molecule is N#Cc1ccc2c3cc(-c4cccc(-c5nc6c7ccccc7c7ccccc7c6c6ncccc56)c4)ccc3n(-c3ccccc3)c2c1. The lowest BCUT2D eigenvalue weighted by molar-refractivity contribution is 1.18. The van der Waals surface area contributed by atoms with Crippen LogP contribution >= 0.6 is 0 Å². The molecule has 0 unspecified atom stereocenters. The lowest BCUT2D eigenvalue weighted by Gasteiger charge is -2.15. The van der Waals surface area contributed by atoms with Crippen molar-refractivity contribution in [2.75, 3.05) is 0 Å². The second-order valence-electron chi connectivity index (χ2n) is 12.5. The maximum atomic E-state index is 9.70. The van der Waals surface area contributed by atoms with Crippen molar-refractivity contribution >= 4 is 65.2 Å². The predicted molar refractivity (Wildman–Crippen MR) is 202 cm³/mol. The minimum Gasteiger partial charge on any atom is -0.309 e. The summed E-state index contributed by atoms with van der Waals surface area (Å²) in [4.78, 5) is 10.4. The Kier molecular flexibility index (Phi) is 5.90. The van der Waals surface area contributed by atoms with Gasteiger partial charge in [0.25, 0.3) is 0 Å². The summed E-state index contributed by atoms with van der Waals surface area (Å²) in [6, 6.07) is 55.2. The zero-order valence-electron chi connectivity index (χ0n) is 26.3. The Morgan fingerprint density at radius 2 is 1.18 bits per heavy atom. The van der Waals surface area contributed by atoms with E-state index >= 15 is 0 Å². The van der Waals surface area contributed by atoms with Gasteiger partial charge in [-0.2, -0.15) is 5.26 Å². The number of rotatable bonds is 3. The summed E-state index contributed by atoms with van der Waals surface area (Å²) in [6.07, 6.45) is 1.88. The Labute approximate surface area is 281 Å². The van der Waals surface area contributed by atoms with Crippen LogP contribution in [-0.4, -0.2) is 14.5 Å². The smallest absolute Gasteiger partial charge is 0.0992 e. The average Bonchev–Trinajstić information content (AvgIpc) is 3.50. The van der Waals surface area contributed by atoms with Gasteiger partial charge in [0.15, 0.2) is 0 Å². The number of nitrogens with zero attached hydrogens (tertiary/aromatic N) is 4. The second kappa shape index (κ2) is 10.6. The molecule has 7 aromatic carbocycles. The highest BCUT2D eigenvalue weighted by Crippen LogP contribution is 2.41. The molecule has 0 radical (unpaired) electrons. The van der Waals surface area contributed by atoms with Gasteiger partial charge in [0.1, 0.15) is 0 Å². The van der Waals surface area contributed by atoms with Crippen LogP contribution in [-0.2, 0) is 0 Å². The van der Waals surface area contributed by atoms with Crippen LogP contribution in [0.4, 0.5) is 0 Å². The molecule has 0 atom stereocenters. The van der Waals surface area contributed by atoms with Crippen molar-refractivity contribution in [1.29, 1.82) is 5.26 Å². The third kappa shape index (κ3) is 4.10. The van der Waals surface area contributed by atoms with Gasteiger partial charge in [-0.3, -0.25) is 4.98 Å². The van der Waals surface area contributed by atoms with Gasteiger partial charge < -0.3 is 4.57 Å². The third-order valence-electron chi connectivity index (χ3n) is 9.81. The number of hydrogen-bond donors (Lipinski definition) is 0. The minimum atomic E-state index is 0.644. The summed E-state index contributed by atoms with van der Waals surface area (Å²) in [5, 5.41) is 18.8. The molecule has 0 N–H and O–H groups in total. The lowest BCUT2D eigenvalue weighted by atomic mass is 9.93. The highest BCUT2D eigenvalue weighted by molar-refractivity contribution is 6.30. The Balaban J connectivity index is 1.21. The largest absolute Gasteiger partial charge is 0.309 e. The molecule has 226 valence electrons. The molecule has 0 aliphatic heterocycles. The fraction of sp³-hybridized carbons (Fsp3) is 0. The van der Waals surface area contributed by atoms with Crippen LogP contribution in [0.1, 0.15) is 5.56 Å². The van der Waals surface area contributed by atoms with E-state index in [-0.39, 0.29) is 0 Å². The van der Waals surface area contributed by atoms with Gasteiger partial charge in [0, 0.05) is 44.4 Å². The topological polar surface area (TPSA) is 54.5 Å². The maximum absolute atomic E-state index is 9.70. The van der Waals surface area contributed by atoms with E-state index in [1.54, 1.807) is 0 Å². The van der Waals surface area contributed by atoms with Crippen LogP contribution in [0.2, 0.25) is 0 Å². The van der Waals surface area contributed by atoms with Crippen LogP contribution in [0.15, 0.2) is 158 Å². The summed E-state index contributed by atoms with van der Waals surface area (Å²) >= 11 is 0. The van der Waals surface area contributed by atoms with Crippen LogP contribution in [0, 0.1) is 11.3 Å². The molecule has 0 fully saturated rings. The maximum Gasteiger partial charge on any atom is 0.0992 e. The molecule has 0 bridgehead atoms. The highest BCUT2D eigenvalue weighted by atomic mass is 15.0. The Bertz CT molecular complexity index is 3000. The molecule has 0 amide bonds. The van der Waals surface area contributed by atoms with E-state index < -0.39 is 0 Å². The molecule has 3 heterocycles. The second-order valence-corrected chi connectivity index (χ2v) is 12.5. The summed E-state index contributed by atoms with van der Waals surface area (Å²) in [6.45, 7) is 0. The number of benzene rings is 7. The van der Waals surface area contributed by atoms with Crippen molar-refractivity contribution in [3.63, 3.8) is 0 Å². The average molecular weight is 623 g/mol. The van der Waals surface area contributed by atoms with Gasteiger partial charge >= 0.3 is 0 Å². The lowest BCUT2D eigenvalue weighted by Crippen LogP contribution is -1.94. The first-order valence-electron chi connectivity index (χ1n) is 16.4. The first kappa shape index (κ1) is 27.3. The van der Waals surface area contributed by atoms with Gasteiger partial charge in [0.05, 0.1) is 39.4 Å². The van der Waals surface area contributed by atoms with Gasteiger partial charge in [-0.05, 0) is 81.9 Å². The van der Waals surface area contributed by atoms with E-state index in [1.807, 2.05) is 42.6 Å². The van der Waals surface area contributed by atoms with E-state index in [0.717, 1.165) is 82.5 Å². The third-order valence-corrected chi connectivity index (χ3v) is 9.81. The first-order valence-corrected chi connectivity index (χ1v) is 16.4. The van der Waals surface area contributed by atoms with Gasteiger partial charge in [-0.15, -0.1) is 0 Å². The quantitative estimate of drug-likeness (QED) is 0.184. The number of nitriles is 1. The normalized spacial score (nSPS) is 11.7. The fourth-order valence-electron chi connectivity index (χ4n) is 7.64. The molecular formula is C45H26N4. The summed E-state index contributed by atoms with van der Waals surface area (Å²) < 4.78 is 2.25. The Hall–Kier alpha value is -6.83. The van der Waals surface area contributed by atoms with Crippen LogP contribution < -0.4 is 0 Å². The first-order chi connectivity index (χ1) is 24.3. The predicted octanol–water partition coefficient (Wildman–Crippen LogP) is 11.4. The molecule has 10 aromatic rings. The van der Waals surface area contributed by atoms with Crippen molar-refractivity contribution in [1.82, 2.24) is 14.5 Å². The zero-order valence-corrected chi connectivity index (χ0v) is 26.3. The van der Waals surface area contributed by atoms with Crippen LogP contribution in [0.5, 0.6) is 0 Å². The summed E-state index contributed by atoms with van der Waals surface area (Å²) in [7, 11) is 0. The molecule has 3 aromatic heterocycles. The molecule has 0 spiro atoms. The molecule has 4 nitrogen and oxygen atoms in total. The van der Waals surface area contributed by atoms with E-state index in [2.05, 4.69) is 126 Å². The van der Waals surface area contributed by atoms with Crippen LogP contribution in [0.25, 0.3) is 93.2 Å². The molecule has 0 saturated carbocycles. The Morgan fingerprint density at radius 3 is 2.02 bits per heavy atom. The fourth-order valence-corrected chi connectivity index (χ4v) is 7.64. The van der Waals surface area contributed by atoms with Crippen molar-refractivity contribution in [2.45, 2.75) is 0 Å². The van der Waals surface area contributed by atoms with Crippen molar-refractivity contribution in [3.05, 3.63) is 163 Å². The molecule has 0 saturated heterocycles. The highest BCUT2D eigenvalue weighted by Gasteiger charge is 2.18. The number of pyridine rings is 2. The Morgan fingerprint density at radius 1 is 0.469 bits per heavy atom. The van der Waals surface area contributed by atoms with Crippen LogP contribution in [0.3, 0.4) is 0 Å².